The van der Waals surface area contributed by atoms with Gasteiger partial charge in [0.1, 0.15) is 11.4 Å². The van der Waals surface area contributed by atoms with Crippen molar-refractivity contribution in [1.82, 2.24) is 5.32 Å². The number of rotatable bonds is 3. The van der Waals surface area contributed by atoms with E-state index in [1.54, 1.807) is 12.1 Å². The Morgan fingerprint density at radius 3 is 2.46 bits per heavy atom. The molecule has 0 amide bonds. The summed E-state index contributed by atoms with van der Waals surface area (Å²) in [5.74, 6) is -0.406. The minimum atomic E-state index is -0.406. The Balaban J connectivity index is 0.000000351. The standard InChI is InChI=1S/C13H14ClFN2.C5H10O2/c14-11-9-10(1-2-12(11)15)13(3-6-16)4-7-17-8-5-13;1-5(2,3)7-4-6/h1-2,9,17H,3-5,7-8H2;4H,1-3H3. The third-order valence-electron chi connectivity index (χ3n) is 3.91. The van der Waals surface area contributed by atoms with Crippen LogP contribution in [0.4, 0.5) is 4.39 Å². The van der Waals surface area contributed by atoms with Crippen molar-refractivity contribution in [1.29, 1.82) is 5.26 Å². The predicted molar refractivity (Wildman–Crippen MR) is 92.3 cm³/mol. The van der Waals surface area contributed by atoms with Gasteiger partial charge in [-0.25, -0.2) is 4.39 Å². The van der Waals surface area contributed by atoms with Crippen LogP contribution in [0, 0.1) is 17.1 Å². The summed E-state index contributed by atoms with van der Waals surface area (Å²) in [6.07, 6.45) is 2.24. The first-order valence-electron chi connectivity index (χ1n) is 7.89. The Bertz CT molecular complexity index is 588. The van der Waals surface area contributed by atoms with Crippen LogP contribution in [0.3, 0.4) is 0 Å². The highest BCUT2D eigenvalue weighted by Crippen LogP contribution is 2.37. The van der Waals surface area contributed by atoms with Gasteiger partial charge in [-0.3, -0.25) is 4.79 Å². The maximum atomic E-state index is 13.2. The topological polar surface area (TPSA) is 62.1 Å². The SMILES string of the molecule is CC(C)(C)OC=O.N#CCC1(c2ccc(F)c(Cl)c2)CCNCC1. The molecule has 6 heteroatoms. The zero-order valence-corrected chi connectivity index (χ0v) is 15.1. The molecule has 1 N–H and O–H groups in total. The minimum absolute atomic E-state index is 0.137. The number of carbonyl (C=O) groups excluding carboxylic acids is 1. The lowest BCUT2D eigenvalue weighted by molar-refractivity contribution is -0.138. The molecule has 1 saturated heterocycles. The number of nitrogens with one attached hydrogen (secondary N) is 1. The van der Waals surface area contributed by atoms with Gasteiger partial charge < -0.3 is 10.1 Å². The van der Waals surface area contributed by atoms with Crippen molar-refractivity contribution in [3.05, 3.63) is 34.6 Å². The summed E-state index contributed by atoms with van der Waals surface area (Å²) in [7, 11) is 0. The lowest BCUT2D eigenvalue weighted by atomic mass is 9.71. The molecular weight excluding hydrogens is 331 g/mol. The Hall–Kier alpha value is -1.64. The lowest BCUT2D eigenvalue weighted by Crippen LogP contribution is -2.39. The van der Waals surface area contributed by atoms with E-state index in [1.807, 2.05) is 20.8 Å². The molecule has 1 fully saturated rings. The fourth-order valence-corrected chi connectivity index (χ4v) is 2.78. The van der Waals surface area contributed by atoms with Gasteiger partial charge >= 0.3 is 0 Å². The highest BCUT2D eigenvalue weighted by molar-refractivity contribution is 6.30. The number of nitrogens with zero attached hydrogens (tertiary/aromatic N) is 1. The number of piperidine rings is 1. The molecule has 0 saturated carbocycles. The number of halogens is 2. The molecule has 0 aliphatic carbocycles. The zero-order valence-electron chi connectivity index (χ0n) is 14.4. The zero-order chi connectivity index (χ0) is 18.2. The molecule has 1 aromatic carbocycles. The van der Waals surface area contributed by atoms with Crippen LogP contribution in [0.1, 0.15) is 45.6 Å². The summed E-state index contributed by atoms with van der Waals surface area (Å²) in [5.41, 5.74) is 0.492. The molecule has 1 heterocycles. The molecular formula is C18H24ClFN2O2. The quantitative estimate of drug-likeness (QED) is 0.834. The van der Waals surface area contributed by atoms with Crippen LogP contribution in [0.15, 0.2) is 18.2 Å². The van der Waals surface area contributed by atoms with Crippen molar-refractivity contribution in [2.45, 2.75) is 51.0 Å². The molecule has 4 nitrogen and oxygen atoms in total. The average Bonchev–Trinajstić information content (AvgIpc) is 2.50. The normalized spacial score (nSPS) is 16.3. The van der Waals surface area contributed by atoms with Crippen LogP contribution in [0.25, 0.3) is 0 Å². The summed E-state index contributed by atoms with van der Waals surface area (Å²) in [5, 5.41) is 12.4. The second-order valence-electron chi connectivity index (χ2n) is 6.82. The maximum Gasteiger partial charge on any atom is 0.293 e. The first-order valence-corrected chi connectivity index (χ1v) is 8.26. The predicted octanol–water partition coefficient (Wildman–Crippen LogP) is 3.97. The molecule has 1 aliphatic rings. The van der Waals surface area contributed by atoms with Crippen LogP contribution in [-0.4, -0.2) is 25.2 Å². The van der Waals surface area contributed by atoms with E-state index in [2.05, 4.69) is 16.1 Å². The molecule has 1 aliphatic heterocycles. The van der Waals surface area contributed by atoms with Gasteiger partial charge in [0.15, 0.2) is 0 Å². The maximum absolute atomic E-state index is 13.2. The smallest absolute Gasteiger partial charge is 0.293 e. The fraction of sp³-hybridized carbons (Fsp3) is 0.556. The molecule has 0 radical (unpaired) electrons. The number of hydrogen-bond donors (Lipinski definition) is 1. The van der Waals surface area contributed by atoms with Gasteiger partial charge in [-0.05, 0) is 64.4 Å². The highest BCUT2D eigenvalue weighted by atomic mass is 35.5. The fourth-order valence-electron chi connectivity index (χ4n) is 2.59. The molecule has 0 bridgehead atoms. The molecule has 132 valence electrons. The van der Waals surface area contributed by atoms with E-state index in [1.165, 1.54) is 6.07 Å². The monoisotopic (exact) mass is 354 g/mol. The number of ether oxygens (including phenoxy) is 1. The Morgan fingerprint density at radius 2 is 2.04 bits per heavy atom. The van der Waals surface area contributed by atoms with Crippen LogP contribution in [0.5, 0.6) is 0 Å². The van der Waals surface area contributed by atoms with E-state index < -0.39 is 5.82 Å². The summed E-state index contributed by atoms with van der Waals surface area (Å²) < 4.78 is 17.7. The van der Waals surface area contributed by atoms with E-state index in [0.29, 0.717) is 12.9 Å². The summed E-state index contributed by atoms with van der Waals surface area (Å²) in [6, 6.07) is 7.05. The van der Waals surface area contributed by atoms with E-state index >= 15 is 0 Å². The Labute approximate surface area is 147 Å². The van der Waals surface area contributed by atoms with Gasteiger partial charge in [0, 0.05) is 11.8 Å². The van der Waals surface area contributed by atoms with Crippen LogP contribution in [-0.2, 0) is 14.9 Å². The minimum Gasteiger partial charge on any atom is -0.462 e. The number of hydrogen-bond acceptors (Lipinski definition) is 4. The van der Waals surface area contributed by atoms with Crippen molar-refractivity contribution in [3.8, 4) is 6.07 Å². The molecule has 0 spiro atoms. The first-order chi connectivity index (χ1) is 11.2. The van der Waals surface area contributed by atoms with Crippen LogP contribution >= 0.6 is 11.6 Å². The van der Waals surface area contributed by atoms with E-state index in [4.69, 9.17) is 16.9 Å². The van der Waals surface area contributed by atoms with Gasteiger partial charge in [-0.1, -0.05) is 17.7 Å². The van der Waals surface area contributed by atoms with E-state index in [-0.39, 0.29) is 16.0 Å². The van der Waals surface area contributed by atoms with Crippen LogP contribution in [0.2, 0.25) is 5.02 Å². The molecule has 0 unspecified atom stereocenters. The van der Waals surface area contributed by atoms with Gasteiger partial charge in [-0.15, -0.1) is 0 Å². The average molecular weight is 355 g/mol. The van der Waals surface area contributed by atoms with Crippen LogP contribution < -0.4 is 5.32 Å². The Kier molecular flexibility index (Phi) is 7.65. The summed E-state index contributed by atoms with van der Waals surface area (Å²) in [6.45, 7) is 7.69. The first kappa shape index (κ1) is 20.4. The van der Waals surface area contributed by atoms with Gasteiger partial charge in [0.05, 0.1) is 11.1 Å². The molecule has 2 rings (SSSR count). The molecule has 1 aromatic rings. The second kappa shape index (κ2) is 9.00. The number of benzene rings is 1. The molecule has 0 aromatic heterocycles. The van der Waals surface area contributed by atoms with Crippen molar-refractivity contribution >= 4 is 18.1 Å². The largest absolute Gasteiger partial charge is 0.462 e. The van der Waals surface area contributed by atoms with E-state index in [9.17, 15) is 9.18 Å². The highest BCUT2D eigenvalue weighted by Gasteiger charge is 2.34. The molecule has 0 atom stereocenters. The van der Waals surface area contributed by atoms with E-state index in [0.717, 1.165) is 31.5 Å². The lowest BCUT2D eigenvalue weighted by Gasteiger charge is -2.36. The van der Waals surface area contributed by atoms with Crippen molar-refractivity contribution in [3.63, 3.8) is 0 Å². The van der Waals surface area contributed by atoms with Crippen molar-refractivity contribution in [2.24, 2.45) is 0 Å². The number of nitriles is 1. The van der Waals surface area contributed by atoms with Gasteiger partial charge in [0.2, 0.25) is 0 Å². The Morgan fingerprint density at radius 1 is 1.42 bits per heavy atom. The van der Waals surface area contributed by atoms with Crippen molar-refractivity contribution < 1.29 is 13.9 Å². The third-order valence-corrected chi connectivity index (χ3v) is 4.20. The molecule has 24 heavy (non-hydrogen) atoms. The van der Waals surface area contributed by atoms with Gasteiger partial charge in [-0.2, -0.15) is 5.26 Å². The second-order valence-corrected chi connectivity index (χ2v) is 7.23. The summed E-state index contributed by atoms with van der Waals surface area (Å²) in [4.78, 5) is 9.60. The number of carbonyl (C=O) groups is 1. The van der Waals surface area contributed by atoms with Gasteiger partial charge in [0.25, 0.3) is 6.47 Å². The van der Waals surface area contributed by atoms with Crippen molar-refractivity contribution in [2.75, 3.05) is 13.1 Å². The summed E-state index contributed by atoms with van der Waals surface area (Å²) >= 11 is 5.82. The third kappa shape index (κ3) is 6.10.